The van der Waals surface area contributed by atoms with Gasteiger partial charge in [0.2, 0.25) is 0 Å². The molecule has 3 aromatic rings. The minimum absolute atomic E-state index is 0.560. The molecule has 2 aromatic heterocycles. The first kappa shape index (κ1) is 12.4. The highest BCUT2D eigenvalue weighted by Gasteiger charge is 2.28. The number of rotatable bonds is 4. The molecule has 0 aliphatic heterocycles. The van der Waals surface area contributed by atoms with Crippen LogP contribution in [-0.2, 0) is 6.54 Å². The van der Waals surface area contributed by atoms with Gasteiger partial charge in [0, 0.05) is 34.3 Å². The summed E-state index contributed by atoms with van der Waals surface area (Å²) in [6.45, 7) is 2.69. The van der Waals surface area contributed by atoms with Crippen LogP contribution in [0, 0.1) is 6.92 Å². The van der Waals surface area contributed by atoms with Gasteiger partial charge in [-0.3, -0.25) is 4.98 Å². The zero-order chi connectivity index (χ0) is 14.2. The summed E-state index contributed by atoms with van der Waals surface area (Å²) < 4.78 is 5.78. The van der Waals surface area contributed by atoms with Crippen molar-refractivity contribution in [1.29, 1.82) is 0 Å². The molecule has 1 aromatic carbocycles. The molecule has 2 heterocycles. The average Bonchev–Trinajstić information content (AvgIpc) is 3.25. The summed E-state index contributed by atoms with van der Waals surface area (Å²) in [4.78, 5) is 8.69. The van der Waals surface area contributed by atoms with Gasteiger partial charge in [0.05, 0.1) is 12.7 Å². The zero-order valence-corrected chi connectivity index (χ0v) is 12.0. The number of benzene rings is 1. The van der Waals surface area contributed by atoms with Crippen LogP contribution in [0.4, 0.5) is 5.69 Å². The van der Waals surface area contributed by atoms with E-state index in [1.165, 1.54) is 23.6 Å². The predicted octanol–water partition coefficient (Wildman–Crippen LogP) is 4.02. The Balaban J connectivity index is 1.57. The third-order valence-corrected chi connectivity index (χ3v) is 3.96. The molecule has 1 fully saturated rings. The summed E-state index contributed by atoms with van der Waals surface area (Å²) in [5, 5.41) is 5.81. The van der Waals surface area contributed by atoms with Crippen LogP contribution in [0.25, 0.3) is 10.8 Å². The highest BCUT2D eigenvalue weighted by Crippen LogP contribution is 2.39. The Kier molecular flexibility index (Phi) is 2.88. The number of fused-ring (bicyclic) bond motifs is 1. The van der Waals surface area contributed by atoms with E-state index in [0.29, 0.717) is 12.5 Å². The van der Waals surface area contributed by atoms with Crippen LogP contribution >= 0.6 is 0 Å². The number of nitrogens with one attached hydrogen (secondary N) is 1. The van der Waals surface area contributed by atoms with Gasteiger partial charge in [-0.1, -0.05) is 12.1 Å². The third-order valence-electron chi connectivity index (χ3n) is 3.96. The van der Waals surface area contributed by atoms with Crippen molar-refractivity contribution in [2.75, 3.05) is 5.32 Å². The van der Waals surface area contributed by atoms with Gasteiger partial charge in [0.1, 0.15) is 5.76 Å². The van der Waals surface area contributed by atoms with Crippen LogP contribution in [0.1, 0.15) is 36.1 Å². The summed E-state index contributed by atoms with van der Waals surface area (Å²) in [5.41, 5.74) is 2.15. The molecule has 1 aliphatic rings. The SMILES string of the molecule is Cc1nccc2c(NCc3cnc(C4CC4)o3)cccc12. The molecule has 21 heavy (non-hydrogen) atoms. The van der Waals surface area contributed by atoms with Crippen molar-refractivity contribution in [2.24, 2.45) is 0 Å². The molecule has 0 amide bonds. The monoisotopic (exact) mass is 279 g/mol. The lowest BCUT2D eigenvalue weighted by Gasteiger charge is -2.09. The molecule has 0 bridgehead atoms. The maximum atomic E-state index is 5.78. The Labute approximate surface area is 123 Å². The van der Waals surface area contributed by atoms with Crippen LogP contribution in [0.3, 0.4) is 0 Å². The van der Waals surface area contributed by atoms with E-state index in [-0.39, 0.29) is 0 Å². The first-order chi connectivity index (χ1) is 10.3. The lowest BCUT2D eigenvalue weighted by atomic mass is 10.1. The maximum absolute atomic E-state index is 5.78. The van der Waals surface area contributed by atoms with Gasteiger partial charge in [-0.2, -0.15) is 0 Å². The van der Waals surface area contributed by atoms with E-state index in [1.54, 1.807) is 0 Å². The predicted molar refractivity (Wildman–Crippen MR) is 82.3 cm³/mol. The number of aryl methyl sites for hydroxylation is 1. The van der Waals surface area contributed by atoms with Gasteiger partial charge >= 0.3 is 0 Å². The number of hydrogen-bond acceptors (Lipinski definition) is 4. The molecule has 0 spiro atoms. The van der Waals surface area contributed by atoms with E-state index in [9.17, 15) is 0 Å². The molecule has 0 unspecified atom stereocenters. The Hall–Kier alpha value is -2.36. The van der Waals surface area contributed by atoms with E-state index in [1.807, 2.05) is 25.4 Å². The van der Waals surface area contributed by atoms with E-state index in [0.717, 1.165) is 23.0 Å². The number of oxazole rings is 1. The topological polar surface area (TPSA) is 51.0 Å². The van der Waals surface area contributed by atoms with Gasteiger partial charge in [0.25, 0.3) is 0 Å². The Morgan fingerprint density at radius 3 is 2.95 bits per heavy atom. The Morgan fingerprint density at radius 1 is 1.19 bits per heavy atom. The van der Waals surface area contributed by atoms with E-state index >= 15 is 0 Å². The fourth-order valence-electron chi connectivity index (χ4n) is 2.61. The van der Waals surface area contributed by atoms with Crippen LogP contribution in [0.5, 0.6) is 0 Å². The quantitative estimate of drug-likeness (QED) is 0.783. The molecule has 4 rings (SSSR count). The number of hydrogen-bond donors (Lipinski definition) is 1. The summed E-state index contributed by atoms with van der Waals surface area (Å²) >= 11 is 0. The van der Waals surface area contributed by atoms with Gasteiger partial charge in [-0.05, 0) is 31.9 Å². The van der Waals surface area contributed by atoms with Crippen molar-refractivity contribution >= 4 is 16.5 Å². The molecular formula is C17H17N3O. The second kappa shape index (κ2) is 4.88. The molecule has 0 radical (unpaired) electrons. The highest BCUT2D eigenvalue weighted by molar-refractivity contribution is 5.94. The van der Waals surface area contributed by atoms with E-state index in [4.69, 9.17) is 4.42 Å². The minimum Gasteiger partial charge on any atom is -0.444 e. The van der Waals surface area contributed by atoms with Crippen molar-refractivity contribution in [3.8, 4) is 0 Å². The lowest BCUT2D eigenvalue weighted by molar-refractivity contribution is 0.462. The van der Waals surface area contributed by atoms with Crippen LogP contribution in [-0.4, -0.2) is 9.97 Å². The molecule has 4 nitrogen and oxygen atoms in total. The van der Waals surface area contributed by atoms with Crippen molar-refractivity contribution in [3.05, 3.63) is 54.0 Å². The molecule has 0 saturated heterocycles. The smallest absolute Gasteiger partial charge is 0.197 e. The Morgan fingerprint density at radius 2 is 2.10 bits per heavy atom. The van der Waals surface area contributed by atoms with Crippen molar-refractivity contribution in [1.82, 2.24) is 9.97 Å². The van der Waals surface area contributed by atoms with Gasteiger partial charge in [-0.25, -0.2) is 4.98 Å². The summed E-state index contributed by atoms with van der Waals surface area (Å²) in [5.74, 6) is 2.34. The number of anilines is 1. The van der Waals surface area contributed by atoms with Crippen LogP contribution in [0.15, 0.2) is 41.1 Å². The fourth-order valence-corrected chi connectivity index (χ4v) is 2.61. The van der Waals surface area contributed by atoms with Gasteiger partial charge < -0.3 is 9.73 Å². The fraction of sp³-hybridized carbons (Fsp3) is 0.294. The summed E-state index contributed by atoms with van der Waals surface area (Å²) in [6.07, 6.45) is 6.10. The third kappa shape index (κ3) is 2.37. The van der Waals surface area contributed by atoms with Crippen molar-refractivity contribution in [3.63, 3.8) is 0 Å². The van der Waals surface area contributed by atoms with Crippen molar-refractivity contribution < 1.29 is 4.42 Å². The van der Waals surface area contributed by atoms with Crippen molar-refractivity contribution in [2.45, 2.75) is 32.2 Å². The average molecular weight is 279 g/mol. The standard InChI is InChI=1S/C17H17N3O/c1-11-14-3-2-4-16(15(14)7-8-18-11)19-9-13-10-20-17(21-13)12-5-6-12/h2-4,7-8,10,12,19H,5-6,9H2,1H3. The second-order valence-corrected chi connectivity index (χ2v) is 5.59. The lowest BCUT2D eigenvalue weighted by Crippen LogP contribution is -1.99. The van der Waals surface area contributed by atoms with Gasteiger partial charge in [0.15, 0.2) is 5.89 Å². The van der Waals surface area contributed by atoms with E-state index < -0.39 is 0 Å². The first-order valence-corrected chi connectivity index (χ1v) is 7.34. The molecular weight excluding hydrogens is 262 g/mol. The normalized spacial score (nSPS) is 14.5. The number of pyridine rings is 1. The first-order valence-electron chi connectivity index (χ1n) is 7.34. The second-order valence-electron chi connectivity index (χ2n) is 5.59. The Bertz CT molecular complexity index is 790. The molecule has 1 aliphatic carbocycles. The number of nitrogens with zero attached hydrogens (tertiary/aromatic N) is 2. The molecule has 106 valence electrons. The van der Waals surface area contributed by atoms with E-state index in [2.05, 4.69) is 33.5 Å². The molecule has 1 saturated carbocycles. The van der Waals surface area contributed by atoms with Gasteiger partial charge in [-0.15, -0.1) is 0 Å². The van der Waals surface area contributed by atoms with Crippen LogP contribution < -0.4 is 5.32 Å². The maximum Gasteiger partial charge on any atom is 0.197 e. The molecule has 0 atom stereocenters. The summed E-state index contributed by atoms with van der Waals surface area (Å²) in [7, 11) is 0. The number of aromatic nitrogens is 2. The minimum atomic E-state index is 0.560. The summed E-state index contributed by atoms with van der Waals surface area (Å²) in [6, 6.07) is 8.28. The zero-order valence-electron chi connectivity index (χ0n) is 12.0. The van der Waals surface area contributed by atoms with Crippen LogP contribution in [0.2, 0.25) is 0 Å². The molecule has 4 heteroatoms. The largest absolute Gasteiger partial charge is 0.444 e. The highest BCUT2D eigenvalue weighted by atomic mass is 16.4. The molecule has 1 N–H and O–H groups in total.